The Morgan fingerprint density at radius 2 is 1.36 bits per heavy atom. The number of allylic oxidation sites excluding steroid dienone is 1. The van der Waals surface area contributed by atoms with Gasteiger partial charge in [-0.25, -0.2) is 9.79 Å². The SMILES string of the molecule is CC(C)=CCN=C(N)NCCC[C@@H](NC(=O)CCCc1ccc(O)cc1)C(=O)N[C@@H](Cc1ccccc1)[C@@H](O)CC(=O)N[C@@H](Cc1ccc(O)cc1)C(=O)O. The fourth-order valence-electron chi connectivity index (χ4n) is 5.64. The Hall–Kier alpha value is -5.89. The first-order valence-electron chi connectivity index (χ1n) is 18.4. The first kappa shape index (κ1) is 43.5. The summed E-state index contributed by atoms with van der Waals surface area (Å²) in [5, 5.41) is 51.4. The first-order chi connectivity index (χ1) is 26.3. The van der Waals surface area contributed by atoms with Gasteiger partial charge in [0.2, 0.25) is 17.7 Å². The molecule has 0 aliphatic carbocycles. The van der Waals surface area contributed by atoms with Gasteiger partial charge in [0.15, 0.2) is 5.96 Å². The van der Waals surface area contributed by atoms with Crippen LogP contribution >= 0.6 is 0 Å². The third-order valence-electron chi connectivity index (χ3n) is 8.69. The summed E-state index contributed by atoms with van der Waals surface area (Å²) in [6.45, 7) is 4.71. The quantitative estimate of drug-likeness (QED) is 0.0315. The lowest BCUT2D eigenvalue weighted by molar-refractivity contribution is -0.142. The second-order valence-corrected chi connectivity index (χ2v) is 13.6. The first-order valence-corrected chi connectivity index (χ1v) is 18.4. The molecule has 0 bridgehead atoms. The topological polar surface area (TPSA) is 236 Å². The zero-order valence-electron chi connectivity index (χ0n) is 31.4. The molecule has 10 N–H and O–H groups in total. The number of nitrogens with one attached hydrogen (secondary N) is 4. The number of phenols is 2. The monoisotopic (exact) mass is 758 g/mol. The van der Waals surface area contributed by atoms with Crippen molar-refractivity contribution >= 4 is 29.7 Å². The second-order valence-electron chi connectivity index (χ2n) is 13.6. The molecule has 0 aliphatic heterocycles. The Balaban J connectivity index is 1.71. The standard InChI is InChI=1S/C41H54N6O8/c1-27(2)21-23-44-41(42)43-22-7-11-33(45-37(51)12-6-10-28-13-17-31(48)18-14-28)39(53)47-34(24-29-8-4-3-5-9-29)36(50)26-38(52)46-35(40(54)55)25-30-15-19-32(49)20-16-30/h3-5,8-9,13-21,33-36,48-50H,6-7,10-12,22-26H2,1-2H3,(H,45,51)(H,46,52)(H,47,53)(H,54,55)(H3,42,43,44)/t33-,34+,35+,36+/m1/s1. The van der Waals surface area contributed by atoms with E-state index in [0.717, 1.165) is 16.7 Å². The summed E-state index contributed by atoms with van der Waals surface area (Å²) in [4.78, 5) is 56.4. The predicted molar refractivity (Wildman–Crippen MR) is 210 cm³/mol. The number of amides is 3. The maximum absolute atomic E-state index is 13.9. The number of aryl methyl sites for hydroxylation is 1. The van der Waals surface area contributed by atoms with Crippen LogP contribution in [0.15, 0.2) is 95.5 Å². The molecule has 3 rings (SSSR count). The number of carboxylic acids is 1. The molecule has 0 fully saturated rings. The number of carbonyl (C=O) groups excluding carboxylic acids is 3. The summed E-state index contributed by atoms with van der Waals surface area (Å²) in [5.41, 5.74) is 9.37. The molecule has 296 valence electrons. The number of aromatic hydroxyl groups is 2. The number of carbonyl (C=O) groups is 4. The number of aliphatic imine (C=N–C) groups is 1. The van der Waals surface area contributed by atoms with Crippen LogP contribution in [0.4, 0.5) is 0 Å². The van der Waals surface area contributed by atoms with Crippen LogP contribution in [0.25, 0.3) is 0 Å². The van der Waals surface area contributed by atoms with Gasteiger partial charge in [-0.05, 0) is 86.9 Å². The number of aliphatic hydroxyl groups excluding tert-OH is 1. The lowest BCUT2D eigenvalue weighted by Crippen LogP contribution is -2.54. The predicted octanol–water partition coefficient (Wildman–Crippen LogP) is 2.85. The Morgan fingerprint density at radius 1 is 0.764 bits per heavy atom. The Morgan fingerprint density at radius 3 is 1.98 bits per heavy atom. The number of benzene rings is 3. The minimum absolute atomic E-state index is 0.0169. The van der Waals surface area contributed by atoms with Crippen molar-refractivity contribution in [1.29, 1.82) is 0 Å². The van der Waals surface area contributed by atoms with Crippen LogP contribution < -0.4 is 27.0 Å². The molecule has 55 heavy (non-hydrogen) atoms. The highest BCUT2D eigenvalue weighted by molar-refractivity contribution is 5.88. The fraction of sp³-hybridized carbons (Fsp3) is 0.390. The number of rotatable bonds is 22. The molecule has 0 saturated carbocycles. The molecule has 0 aliphatic rings. The van der Waals surface area contributed by atoms with E-state index in [4.69, 9.17) is 5.73 Å². The normalized spacial score (nSPS) is 13.4. The number of hydrogen-bond donors (Lipinski definition) is 9. The molecule has 3 aromatic rings. The molecule has 0 heterocycles. The van der Waals surface area contributed by atoms with E-state index >= 15 is 0 Å². The van der Waals surface area contributed by atoms with Gasteiger partial charge in [-0.15, -0.1) is 0 Å². The molecule has 0 aromatic heterocycles. The van der Waals surface area contributed by atoms with Crippen molar-refractivity contribution < 1.29 is 39.6 Å². The number of nitrogens with two attached hydrogens (primary N) is 1. The molecule has 3 amide bonds. The smallest absolute Gasteiger partial charge is 0.326 e. The van der Waals surface area contributed by atoms with E-state index in [1.807, 2.05) is 38.1 Å². The number of phenolic OH excluding ortho intramolecular Hbond substituents is 2. The molecule has 14 nitrogen and oxygen atoms in total. The maximum atomic E-state index is 13.9. The van der Waals surface area contributed by atoms with Gasteiger partial charge in [0.05, 0.1) is 25.1 Å². The third kappa shape index (κ3) is 17.2. The zero-order chi connectivity index (χ0) is 40.2. The van der Waals surface area contributed by atoms with Gasteiger partial charge in [0, 0.05) is 19.4 Å². The highest BCUT2D eigenvalue weighted by Gasteiger charge is 2.30. The van der Waals surface area contributed by atoms with Gasteiger partial charge in [-0.2, -0.15) is 0 Å². The van der Waals surface area contributed by atoms with Crippen molar-refractivity contribution in [3.8, 4) is 11.5 Å². The molecule has 4 atom stereocenters. The van der Waals surface area contributed by atoms with E-state index in [1.165, 1.54) is 12.1 Å². The highest BCUT2D eigenvalue weighted by Crippen LogP contribution is 2.15. The number of carboxylic acid groups (broad SMARTS) is 1. The van der Waals surface area contributed by atoms with Crippen molar-refractivity contribution in [2.45, 2.75) is 89.4 Å². The van der Waals surface area contributed by atoms with Gasteiger partial charge in [0.25, 0.3) is 0 Å². The average molecular weight is 759 g/mol. The summed E-state index contributed by atoms with van der Waals surface area (Å²) in [6, 6.07) is 18.4. The third-order valence-corrected chi connectivity index (χ3v) is 8.69. The largest absolute Gasteiger partial charge is 0.508 e. The molecule has 3 aromatic carbocycles. The summed E-state index contributed by atoms with van der Waals surface area (Å²) >= 11 is 0. The van der Waals surface area contributed by atoms with Crippen LogP contribution in [0.5, 0.6) is 11.5 Å². The van der Waals surface area contributed by atoms with Crippen molar-refractivity contribution in [3.63, 3.8) is 0 Å². The fourth-order valence-corrected chi connectivity index (χ4v) is 5.64. The lowest BCUT2D eigenvalue weighted by Gasteiger charge is -2.27. The number of hydrogen-bond acceptors (Lipinski definition) is 8. The average Bonchev–Trinajstić information content (AvgIpc) is 3.14. The van der Waals surface area contributed by atoms with Gasteiger partial charge in [-0.3, -0.25) is 14.4 Å². The molecular weight excluding hydrogens is 704 g/mol. The number of aliphatic carboxylic acids is 1. The van der Waals surface area contributed by atoms with Crippen molar-refractivity contribution in [3.05, 3.63) is 107 Å². The number of aliphatic hydroxyl groups is 1. The molecule has 14 heteroatoms. The second kappa shape index (κ2) is 23.0. The summed E-state index contributed by atoms with van der Waals surface area (Å²) in [6.07, 6.45) is 1.95. The molecule has 0 saturated heterocycles. The molecule has 0 radical (unpaired) electrons. The van der Waals surface area contributed by atoms with E-state index in [1.54, 1.807) is 48.5 Å². The number of guanidine groups is 1. The van der Waals surface area contributed by atoms with Gasteiger partial charge in [0.1, 0.15) is 23.6 Å². The van der Waals surface area contributed by atoms with Crippen LogP contribution in [0.1, 0.15) is 62.6 Å². The summed E-state index contributed by atoms with van der Waals surface area (Å²) < 4.78 is 0. The number of nitrogens with zero attached hydrogens (tertiary/aromatic N) is 1. The van der Waals surface area contributed by atoms with Crippen molar-refractivity contribution in [2.75, 3.05) is 13.1 Å². The minimum Gasteiger partial charge on any atom is -0.508 e. The van der Waals surface area contributed by atoms with E-state index < -0.39 is 48.4 Å². The van der Waals surface area contributed by atoms with Crippen LogP contribution in [-0.4, -0.2) is 87.4 Å². The Bertz CT molecular complexity index is 1730. The maximum Gasteiger partial charge on any atom is 0.326 e. The van der Waals surface area contributed by atoms with Crippen molar-refractivity contribution in [2.24, 2.45) is 10.7 Å². The van der Waals surface area contributed by atoms with Crippen LogP contribution in [0.3, 0.4) is 0 Å². The van der Waals surface area contributed by atoms with Gasteiger partial charge in [-0.1, -0.05) is 66.2 Å². The van der Waals surface area contributed by atoms with E-state index in [2.05, 4.69) is 26.3 Å². The van der Waals surface area contributed by atoms with E-state index in [9.17, 15) is 39.6 Å². The molecule has 0 spiro atoms. The Kier molecular flexibility index (Phi) is 18.2. The summed E-state index contributed by atoms with van der Waals surface area (Å²) in [7, 11) is 0. The molecule has 0 unspecified atom stereocenters. The van der Waals surface area contributed by atoms with Crippen LogP contribution in [0.2, 0.25) is 0 Å². The van der Waals surface area contributed by atoms with E-state index in [0.29, 0.717) is 37.9 Å². The lowest BCUT2D eigenvalue weighted by atomic mass is 9.97. The Labute approximate surface area is 322 Å². The van der Waals surface area contributed by atoms with Crippen molar-refractivity contribution in [1.82, 2.24) is 21.3 Å². The zero-order valence-corrected chi connectivity index (χ0v) is 31.4. The highest BCUT2D eigenvalue weighted by atomic mass is 16.4. The van der Waals surface area contributed by atoms with Gasteiger partial charge >= 0.3 is 5.97 Å². The van der Waals surface area contributed by atoms with E-state index in [-0.39, 0.29) is 49.0 Å². The summed E-state index contributed by atoms with van der Waals surface area (Å²) in [5.74, 6) is -2.51. The minimum atomic E-state index is -1.42. The molecular formula is C41H54N6O8. The van der Waals surface area contributed by atoms with Crippen LogP contribution in [0, 0.1) is 0 Å². The van der Waals surface area contributed by atoms with Gasteiger partial charge < -0.3 is 47.4 Å². The van der Waals surface area contributed by atoms with Crippen LogP contribution in [-0.2, 0) is 38.4 Å².